The molecule has 312 valence electrons. The highest BCUT2D eigenvalue weighted by atomic mass is 35.5. The van der Waals surface area contributed by atoms with Gasteiger partial charge in [0.2, 0.25) is 0 Å². The van der Waals surface area contributed by atoms with Crippen molar-refractivity contribution in [2.75, 3.05) is 53.7 Å². The van der Waals surface area contributed by atoms with Crippen molar-refractivity contribution in [3.8, 4) is 11.5 Å². The Morgan fingerprint density at radius 1 is 0.914 bits per heavy atom. The van der Waals surface area contributed by atoms with Crippen molar-refractivity contribution in [3.63, 3.8) is 0 Å². The third-order valence-electron chi connectivity index (χ3n) is 10.2. The van der Waals surface area contributed by atoms with Crippen LogP contribution >= 0.6 is 23.2 Å². The number of fused-ring (bicyclic) bond motifs is 1. The zero-order valence-corrected chi connectivity index (χ0v) is 35.0. The molecule has 0 saturated carbocycles. The van der Waals surface area contributed by atoms with Gasteiger partial charge in [-0.25, -0.2) is 4.79 Å². The number of nitrogens with zero attached hydrogens (tertiary/aromatic N) is 2. The van der Waals surface area contributed by atoms with Gasteiger partial charge in [0.25, 0.3) is 5.91 Å². The highest BCUT2D eigenvalue weighted by Crippen LogP contribution is 2.39. The van der Waals surface area contributed by atoms with Gasteiger partial charge in [0.1, 0.15) is 6.26 Å². The molecule has 1 fully saturated rings. The highest BCUT2D eigenvalue weighted by molar-refractivity contribution is 7.90. The maximum absolute atomic E-state index is 14.2. The second-order valence-electron chi connectivity index (χ2n) is 14.1. The number of hydrogen-bond donors (Lipinski definition) is 4. The lowest BCUT2D eigenvalue weighted by Gasteiger charge is -2.34. The quantitative estimate of drug-likeness (QED) is 0.0864. The first-order valence-electron chi connectivity index (χ1n) is 18.4. The van der Waals surface area contributed by atoms with Crippen molar-refractivity contribution in [3.05, 3.63) is 99.5 Å². The molecule has 1 aliphatic heterocycles. The van der Waals surface area contributed by atoms with Gasteiger partial charge < -0.3 is 44.3 Å². The molecule has 1 amide bonds. The first-order chi connectivity index (χ1) is 27.5. The third-order valence-corrected chi connectivity index (χ3v) is 11.9. The number of likely N-dealkylation sites (N-methyl/N-ethyl adjacent to an activating group) is 1. The Balaban J connectivity index is 0.000000492. The molecule has 0 bridgehead atoms. The molecule has 4 N–H and O–H groups in total. The van der Waals surface area contributed by atoms with E-state index in [4.69, 9.17) is 53.1 Å². The fourth-order valence-electron chi connectivity index (χ4n) is 7.20. The number of ether oxygens (including phenoxy) is 2. The van der Waals surface area contributed by atoms with E-state index in [1.807, 2.05) is 73.8 Å². The van der Waals surface area contributed by atoms with Gasteiger partial charge in [-0.05, 0) is 96.6 Å². The van der Waals surface area contributed by atoms with Crippen LogP contribution in [0.15, 0.2) is 77.7 Å². The smallest absolute Gasteiger partial charge is 0.336 e. The number of rotatable bonds is 16. The normalized spacial score (nSPS) is 14.5. The molecule has 58 heavy (non-hydrogen) atoms. The van der Waals surface area contributed by atoms with E-state index in [1.165, 1.54) is 5.56 Å². The molecule has 5 rings (SSSR count). The molecule has 1 unspecified atom stereocenters. The predicted octanol–water partition coefficient (Wildman–Crippen LogP) is 6.78. The van der Waals surface area contributed by atoms with Gasteiger partial charge >= 0.3 is 17.9 Å². The minimum Gasteiger partial charge on any atom is -0.612 e. The van der Waals surface area contributed by atoms with Crippen molar-refractivity contribution >= 4 is 69.0 Å². The minimum atomic E-state index is -2.74. The summed E-state index contributed by atoms with van der Waals surface area (Å²) in [5.41, 5.74) is 0.00348. The number of carboxylic acid groups (broad SMARTS) is 3. The van der Waals surface area contributed by atoms with E-state index in [2.05, 4.69) is 11.0 Å². The van der Waals surface area contributed by atoms with Crippen molar-refractivity contribution in [1.29, 1.82) is 0 Å². The topological polar surface area (TPSA) is 197 Å². The summed E-state index contributed by atoms with van der Waals surface area (Å²) in [5, 5.41) is 36.5. The lowest BCUT2D eigenvalue weighted by molar-refractivity contribution is -0.170. The van der Waals surface area contributed by atoms with Gasteiger partial charge in [-0.1, -0.05) is 71.7 Å². The minimum absolute atomic E-state index is 0.0255. The average Bonchev–Trinajstić information content (AvgIpc) is 3.19. The van der Waals surface area contributed by atoms with Gasteiger partial charge in [0.15, 0.2) is 22.0 Å². The molecule has 1 saturated heterocycles. The van der Waals surface area contributed by atoms with Crippen molar-refractivity contribution in [2.24, 2.45) is 0 Å². The van der Waals surface area contributed by atoms with Gasteiger partial charge in [-0.3, -0.25) is 14.4 Å². The second kappa shape index (κ2) is 20.9. The van der Waals surface area contributed by atoms with E-state index in [0.717, 1.165) is 60.1 Å². The maximum Gasteiger partial charge on any atom is 0.336 e. The molecule has 1 heterocycles. The third kappa shape index (κ3) is 11.8. The number of hydrogen-bond acceptors (Lipinski definition) is 9. The molecule has 0 aromatic heterocycles. The number of methoxy groups -OCH3 is 2. The summed E-state index contributed by atoms with van der Waals surface area (Å²) in [6.07, 6.45) is 2.35. The van der Waals surface area contributed by atoms with Crippen molar-refractivity contribution in [1.82, 2.24) is 9.80 Å². The number of benzene rings is 4. The van der Waals surface area contributed by atoms with Crippen molar-refractivity contribution in [2.45, 2.75) is 54.4 Å². The Labute approximate surface area is 350 Å². The summed E-state index contributed by atoms with van der Waals surface area (Å²) in [6, 6.07) is 23.5. The number of piperidine rings is 1. The number of carbonyl (C=O) groups excluding carboxylic acids is 1. The van der Waals surface area contributed by atoms with Crippen LogP contribution in [0.25, 0.3) is 10.8 Å². The number of halogens is 2. The molecule has 16 heteroatoms. The van der Waals surface area contributed by atoms with Gasteiger partial charge in [-0.15, -0.1) is 0 Å². The summed E-state index contributed by atoms with van der Waals surface area (Å²) in [4.78, 5) is 49.9. The Morgan fingerprint density at radius 2 is 1.53 bits per heavy atom. The number of carboxylic acids is 3. The van der Waals surface area contributed by atoms with Gasteiger partial charge in [0, 0.05) is 25.1 Å². The number of amides is 1. The molecule has 0 spiro atoms. The number of aliphatic hydroxyl groups is 1. The van der Waals surface area contributed by atoms with Crippen LogP contribution in [0, 0.1) is 0 Å². The van der Waals surface area contributed by atoms with Crippen molar-refractivity contribution < 1.29 is 53.6 Å². The predicted molar refractivity (Wildman–Crippen MR) is 222 cm³/mol. The van der Waals surface area contributed by atoms with E-state index in [-0.39, 0.29) is 11.8 Å². The van der Waals surface area contributed by atoms with E-state index in [1.54, 1.807) is 25.4 Å². The standard InChI is InChI=1S/C36H40Cl2N2O4S.C6H8O7/c1-39(36(41)34-29-11-6-5-9-26(29)22-32(43-2)35(34)44-3)23-27(25-13-14-30(37)31(38)21-25)17-20-40-18-15-24(16-19-40)28-10-7-8-12-33(28)45(4)42;7-3(8)1-6(13,5(11)12)2-4(9)10/h5-14,21-22,24,27H,15-20,23H2,1-4H3;13H,1-2H2,(H,7,8)(H,9,10)(H,11,12)/t27-,45?;/m1./s1. The van der Waals surface area contributed by atoms with Gasteiger partial charge in [-0.2, -0.15) is 0 Å². The zero-order valence-electron chi connectivity index (χ0n) is 32.7. The highest BCUT2D eigenvalue weighted by Gasteiger charge is 2.41. The fourth-order valence-corrected chi connectivity index (χ4v) is 8.35. The number of aliphatic carboxylic acids is 3. The van der Waals surface area contributed by atoms with Crippen LogP contribution in [0.5, 0.6) is 11.5 Å². The maximum atomic E-state index is 14.2. The Morgan fingerprint density at radius 3 is 2.10 bits per heavy atom. The molecule has 0 radical (unpaired) electrons. The Hall–Kier alpha value is -4.57. The molecule has 13 nitrogen and oxygen atoms in total. The van der Waals surface area contributed by atoms with Crippen LogP contribution in [0.1, 0.15) is 65.4 Å². The fraction of sp³-hybridized carbons (Fsp3) is 0.381. The van der Waals surface area contributed by atoms with Crippen LogP contribution in [0.3, 0.4) is 0 Å². The van der Waals surface area contributed by atoms with Crippen LogP contribution in [0.2, 0.25) is 10.0 Å². The lowest BCUT2D eigenvalue weighted by Crippen LogP contribution is -2.42. The first kappa shape index (κ1) is 46.1. The Bertz CT molecular complexity index is 2080. The number of carbonyl (C=O) groups is 4. The molecule has 1 aliphatic rings. The summed E-state index contributed by atoms with van der Waals surface area (Å²) >= 11 is 11.8. The van der Waals surface area contributed by atoms with Crippen LogP contribution < -0.4 is 9.47 Å². The monoisotopic (exact) mass is 858 g/mol. The summed E-state index contributed by atoms with van der Waals surface area (Å²) in [7, 11) is 4.98. The molecule has 4 aromatic rings. The van der Waals surface area contributed by atoms with Gasteiger partial charge in [0.05, 0.1) is 42.7 Å². The van der Waals surface area contributed by atoms with Crippen LogP contribution in [-0.4, -0.2) is 118 Å². The molecular weight excluding hydrogens is 811 g/mol. The molecule has 0 aliphatic carbocycles. The van der Waals surface area contributed by atoms with Crippen LogP contribution in [-0.2, 0) is 25.6 Å². The molecule has 2 atom stereocenters. The molecular formula is C42H48Cl2N2O11S. The largest absolute Gasteiger partial charge is 0.612 e. The summed E-state index contributed by atoms with van der Waals surface area (Å²) in [5.74, 6) is -3.78. The van der Waals surface area contributed by atoms with E-state index >= 15 is 0 Å². The summed E-state index contributed by atoms with van der Waals surface area (Å²) in [6.45, 7) is 3.29. The second-order valence-corrected chi connectivity index (χ2v) is 16.3. The zero-order chi connectivity index (χ0) is 42.7. The Kier molecular flexibility index (Phi) is 16.6. The molecule has 4 aromatic carbocycles. The SMILES string of the molecule is COc1cc2ccccc2c(C(=O)N(C)C[C@@H](CCN2CCC(c3ccccc3[S+](C)[O-])CC2)c2ccc(Cl)c(Cl)c2)c1OC.O=C(O)CC(O)(CC(=O)O)C(=O)O. The van der Waals surface area contributed by atoms with E-state index < -0.39 is 47.5 Å². The van der Waals surface area contributed by atoms with E-state index in [0.29, 0.717) is 39.6 Å². The average molecular weight is 860 g/mol. The van der Waals surface area contributed by atoms with Crippen LogP contribution in [0.4, 0.5) is 0 Å². The lowest BCUT2D eigenvalue weighted by atomic mass is 9.88. The number of likely N-dealkylation sites (tertiary alicyclic amines) is 1. The van der Waals surface area contributed by atoms with E-state index in [9.17, 15) is 23.7 Å². The summed E-state index contributed by atoms with van der Waals surface area (Å²) < 4.78 is 23.7. The first-order valence-corrected chi connectivity index (χ1v) is 20.7.